The fraction of sp³-hybridized carbons (Fsp3) is 0.167. The van der Waals surface area contributed by atoms with Crippen LogP contribution in [0.25, 0.3) is 5.65 Å². The molecule has 0 fully saturated rings. The number of nitrogens with zero attached hydrogens (tertiary/aromatic N) is 2. The van der Waals surface area contributed by atoms with E-state index in [-0.39, 0.29) is 18.9 Å². The lowest BCUT2D eigenvalue weighted by molar-refractivity contribution is 0.0948. The van der Waals surface area contributed by atoms with E-state index in [2.05, 4.69) is 10.3 Å². The number of hydrogen-bond donors (Lipinski definition) is 1. The Kier molecular flexibility index (Phi) is 3.61. The Balaban J connectivity index is 1.55. The molecule has 1 aliphatic heterocycles. The van der Waals surface area contributed by atoms with Crippen molar-refractivity contribution in [2.24, 2.45) is 0 Å². The molecule has 0 radical (unpaired) electrons. The Morgan fingerprint density at radius 1 is 1.24 bits per heavy atom. The highest BCUT2D eigenvalue weighted by Gasteiger charge is 2.15. The third-order valence-electron chi connectivity index (χ3n) is 4.00. The molecule has 0 spiro atoms. The van der Waals surface area contributed by atoms with E-state index in [4.69, 9.17) is 9.47 Å². The van der Waals surface area contributed by atoms with Crippen molar-refractivity contribution in [3.63, 3.8) is 0 Å². The lowest BCUT2D eigenvalue weighted by Gasteiger charge is -2.07. The van der Waals surface area contributed by atoms with Crippen LogP contribution >= 0.6 is 0 Å². The second-order valence-electron chi connectivity index (χ2n) is 5.78. The second kappa shape index (κ2) is 5.94. The zero-order valence-electron chi connectivity index (χ0n) is 13.5. The number of fused-ring (bicyclic) bond motifs is 2. The van der Waals surface area contributed by atoms with Crippen molar-refractivity contribution < 1.29 is 14.3 Å². The summed E-state index contributed by atoms with van der Waals surface area (Å²) in [5, 5.41) is 2.73. The smallest absolute Gasteiger partial charge is 0.270 e. The lowest BCUT2D eigenvalue weighted by Crippen LogP contribution is -2.31. The van der Waals surface area contributed by atoms with Crippen molar-refractivity contribution in [3.05, 3.63) is 69.8 Å². The molecule has 0 unspecified atom stereocenters. The number of carbonyl (C=O) groups excluding carboxylic acids is 1. The van der Waals surface area contributed by atoms with Crippen LogP contribution in [0.2, 0.25) is 0 Å². The van der Waals surface area contributed by atoms with Gasteiger partial charge in [0.1, 0.15) is 11.2 Å². The van der Waals surface area contributed by atoms with Crippen LogP contribution in [-0.2, 0) is 6.54 Å². The molecule has 7 heteroatoms. The molecule has 0 saturated heterocycles. The highest BCUT2D eigenvalue weighted by atomic mass is 16.7. The van der Waals surface area contributed by atoms with Gasteiger partial charge in [0.25, 0.3) is 11.5 Å². The molecule has 0 bridgehead atoms. The first kappa shape index (κ1) is 15.2. The van der Waals surface area contributed by atoms with Crippen LogP contribution in [0.15, 0.2) is 47.5 Å². The third kappa shape index (κ3) is 2.80. The number of aromatic nitrogens is 2. The molecule has 2 aromatic heterocycles. The van der Waals surface area contributed by atoms with Gasteiger partial charge in [0.2, 0.25) is 6.79 Å². The summed E-state index contributed by atoms with van der Waals surface area (Å²) in [4.78, 5) is 29.0. The molecular weight excluding hydrogens is 322 g/mol. The summed E-state index contributed by atoms with van der Waals surface area (Å²) in [5.41, 5.74) is 1.96. The van der Waals surface area contributed by atoms with Gasteiger partial charge in [0.15, 0.2) is 11.5 Å². The van der Waals surface area contributed by atoms with Gasteiger partial charge in [0.05, 0.1) is 0 Å². The minimum atomic E-state index is -0.467. The van der Waals surface area contributed by atoms with E-state index in [9.17, 15) is 9.59 Å². The SMILES string of the molecule is Cc1ccn2c(=O)c(C(=O)NCc3ccc4c(c3)OCO4)cnc2c1. The second-order valence-corrected chi connectivity index (χ2v) is 5.78. The topological polar surface area (TPSA) is 81.9 Å². The Morgan fingerprint density at radius 3 is 2.96 bits per heavy atom. The van der Waals surface area contributed by atoms with Gasteiger partial charge in [-0.25, -0.2) is 4.98 Å². The molecule has 1 amide bonds. The van der Waals surface area contributed by atoms with E-state index in [1.165, 1.54) is 10.6 Å². The van der Waals surface area contributed by atoms with Crippen molar-refractivity contribution in [1.29, 1.82) is 0 Å². The molecule has 25 heavy (non-hydrogen) atoms. The number of benzene rings is 1. The maximum absolute atomic E-state index is 12.5. The number of hydrogen-bond acceptors (Lipinski definition) is 5. The van der Waals surface area contributed by atoms with Gasteiger partial charge in [-0.05, 0) is 42.3 Å². The fourth-order valence-corrected chi connectivity index (χ4v) is 2.66. The molecule has 0 aliphatic carbocycles. The van der Waals surface area contributed by atoms with Gasteiger partial charge in [-0.15, -0.1) is 0 Å². The highest BCUT2D eigenvalue weighted by molar-refractivity contribution is 5.93. The van der Waals surface area contributed by atoms with Crippen molar-refractivity contribution in [3.8, 4) is 11.5 Å². The Labute approximate surface area is 142 Å². The molecule has 0 atom stereocenters. The van der Waals surface area contributed by atoms with Crippen molar-refractivity contribution >= 4 is 11.6 Å². The third-order valence-corrected chi connectivity index (χ3v) is 4.00. The number of carbonyl (C=O) groups is 1. The minimum absolute atomic E-state index is 0.00194. The van der Waals surface area contributed by atoms with E-state index < -0.39 is 11.5 Å². The maximum atomic E-state index is 12.5. The Bertz CT molecular complexity index is 1040. The number of rotatable bonds is 3. The van der Waals surface area contributed by atoms with Crippen molar-refractivity contribution in [2.75, 3.05) is 6.79 Å². The molecule has 1 N–H and O–H groups in total. The first-order valence-electron chi connectivity index (χ1n) is 7.76. The van der Waals surface area contributed by atoms with E-state index in [0.717, 1.165) is 11.1 Å². The molecule has 7 nitrogen and oxygen atoms in total. The van der Waals surface area contributed by atoms with Gasteiger partial charge < -0.3 is 14.8 Å². The van der Waals surface area contributed by atoms with Gasteiger partial charge in [0, 0.05) is 18.9 Å². The summed E-state index contributed by atoms with van der Waals surface area (Å²) in [7, 11) is 0. The normalized spacial score (nSPS) is 12.4. The summed E-state index contributed by atoms with van der Waals surface area (Å²) in [6, 6.07) is 9.01. The molecule has 3 aromatic rings. The molecule has 4 rings (SSSR count). The zero-order chi connectivity index (χ0) is 17.4. The number of aryl methyl sites for hydroxylation is 1. The lowest BCUT2D eigenvalue weighted by atomic mass is 10.2. The van der Waals surface area contributed by atoms with Crippen LogP contribution in [0.3, 0.4) is 0 Å². The van der Waals surface area contributed by atoms with E-state index >= 15 is 0 Å². The highest BCUT2D eigenvalue weighted by Crippen LogP contribution is 2.32. The van der Waals surface area contributed by atoms with Gasteiger partial charge in [-0.2, -0.15) is 0 Å². The van der Waals surface area contributed by atoms with Crippen molar-refractivity contribution in [2.45, 2.75) is 13.5 Å². The van der Waals surface area contributed by atoms with Gasteiger partial charge in [-0.3, -0.25) is 14.0 Å². The van der Waals surface area contributed by atoms with Crippen LogP contribution < -0.4 is 20.3 Å². The molecule has 1 aliphatic rings. The summed E-state index contributed by atoms with van der Waals surface area (Å²) < 4.78 is 11.9. The molecule has 3 heterocycles. The number of ether oxygens (including phenoxy) is 2. The summed E-state index contributed by atoms with van der Waals surface area (Å²) in [5.74, 6) is 0.863. The maximum Gasteiger partial charge on any atom is 0.270 e. The zero-order valence-corrected chi connectivity index (χ0v) is 13.5. The molecule has 126 valence electrons. The fourth-order valence-electron chi connectivity index (χ4n) is 2.66. The van der Waals surface area contributed by atoms with Crippen LogP contribution in [0.4, 0.5) is 0 Å². The number of pyridine rings is 1. The minimum Gasteiger partial charge on any atom is -0.454 e. The average Bonchev–Trinajstić information content (AvgIpc) is 3.07. The van der Waals surface area contributed by atoms with Crippen LogP contribution in [-0.4, -0.2) is 22.1 Å². The van der Waals surface area contributed by atoms with Crippen LogP contribution in [0, 0.1) is 6.92 Å². The molecular formula is C18H15N3O4. The predicted molar refractivity (Wildman–Crippen MR) is 89.9 cm³/mol. The number of amides is 1. The van der Waals surface area contributed by atoms with E-state index in [1.54, 1.807) is 30.5 Å². The predicted octanol–water partition coefficient (Wildman–Crippen LogP) is 1.66. The van der Waals surface area contributed by atoms with Gasteiger partial charge >= 0.3 is 0 Å². The average molecular weight is 337 g/mol. The summed E-state index contributed by atoms with van der Waals surface area (Å²) >= 11 is 0. The number of nitrogens with one attached hydrogen (secondary N) is 1. The quantitative estimate of drug-likeness (QED) is 0.786. The monoisotopic (exact) mass is 337 g/mol. The summed E-state index contributed by atoms with van der Waals surface area (Å²) in [6.07, 6.45) is 2.93. The van der Waals surface area contributed by atoms with Crippen LogP contribution in [0.1, 0.15) is 21.5 Å². The molecule has 1 aromatic carbocycles. The standard InChI is InChI=1S/C18H15N3O4/c1-11-4-5-21-16(6-11)19-9-13(18(21)23)17(22)20-8-12-2-3-14-15(7-12)25-10-24-14/h2-7,9H,8,10H2,1H3,(H,20,22). The summed E-state index contributed by atoms with van der Waals surface area (Å²) in [6.45, 7) is 2.38. The molecule has 0 saturated carbocycles. The Morgan fingerprint density at radius 2 is 2.08 bits per heavy atom. The first-order chi connectivity index (χ1) is 12.1. The van der Waals surface area contributed by atoms with Gasteiger partial charge in [-0.1, -0.05) is 6.07 Å². The van der Waals surface area contributed by atoms with E-state index in [1.807, 2.05) is 13.0 Å². The Hall–Kier alpha value is -3.35. The van der Waals surface area contributed by atoms with Crippen molar-refractivity contribution in [1.82, 2.24) is 14.7 Å². The largest absolute Gasteiger partial charge is 0.454 e. The first-order valence-corrected chi connectivity index (χ1v) is 7.76. The van der Waals surface area contributed by atoms with E-state index in [0.29, 0.717) is 17.1 Å². The van der Waals surface area contributed by atoms with Crippen LogP contribution in [0.5, 0.6) is 11.5 Å².